The lowest BCUT2D eigenvalue weighted by Gasteiger charge is -2.10. The fourth-order valence-corrected chi connectivity index (χ4v) is 4.71. The van der Waals surface area contributed by atoms with E-state index in [0.29, 0.717) is 30.2 Å². The van der Waals surface area contributed by atoms with E-state index in [-0.39, 0.29) is 5.69 Å². The predicted octanol–water partition coefficient (Wildman–Crippen LogP) is 8.13. The lowest BCUT2D eigenvalue weighted by molar-refractivity contribution is 0.262. The van der Waals surface area contributed by atoms with Crippen LogP contribution in [0.4, 0.5) is 30.8 Å². The van der Waals surface area contributed by atoms with E-state index in [4.69, 9.17) is 4.42 Å². The Morgan fingerprint density at radius 1 is 0.762 bits per heavy atom. The molecule has 0 atom stereocenters. The largest absolute Gasteiger partial charge is 0.437 e. The summed E-state index contributed by atoms with van der Waals surface area (Å²) in [4.78, 5) is 21.2. The zero-order valence-corrected chi connectivity index (χ0v) is 22.3. The standard InChI is InChI=1S/C33H25F2N5O2/c34-25-12-7-13-26(29(25)35)40-33(41)39-24-16-14-21(15-17-24)18-19-36-31-28-27(22-8-3-1-4-9-22)30(23-10-5-2-6-11-23)42-32(28)38-20-37-31/h1-17,20H,18-19H2,(H,36,37,38)(H2,39,40,41). The van der Waals surface area contributed by atoms with Crippen molar-refractivity contribution in [2.45, 2.75) is 6.42 Å². The normalized spacial score (nSPS) is 10.9. The van der Waals surface area contributed by atoms with Crippen LogP contribution in [-0.2, 0) is 6.42 Å². The summed E-state index contributed by atoms with van der Waals surface area (Å²) in [5.74, 6) is -0.745. The Morgan fingerprint density at radius 3 is 2.21 bits per heavy atom. The molecule has 3 N–H and O–H groups in total. The van der Waals surface area contributed by atoms with Crippen LogP contribution in [0.15, 0.2) is 114 Å². The van der Waals surface area contributed by atoms with E-state index in [1.807, 2.05) is 72.8 Å². The summed E-state index contributed by atoms with van der Waals surface area (Å²) >= 11 is 0. The molecular weight excluding hydrogens is 536 g/mol. The summed E-state index contributed by atoms with van der Waals surface area (Å²) < 4.78 is 33.5. The summed E-state index contributed by atoms with van der Waals surface area (Å²) in [6.45, 7) is 0.582. The number of carbonyl (C=O) groups excluding carboxylic acids is 1. The number of nitrogens with one attached hydrogen (secondary N) is 3. The number of nitrogens with zero attached hydrogens (tertiary/aromatic N) is 2. The third kappa shape index (κ3) is 5.66. The molecule has 2 heterocycles. The number of amides is 2. The number of hydrogen-bond donors (Lipinski definition) is 3. The number of hydrogen-bond acceptors (Lipinski definition) is 5. The van der Waals surface area contributed by atoms with Crippen molar-refractivity contribution in [1.82, 2.24) is 9.97 Å². The van der Waals surface area contributed by atoms with Gasteiger partial charge in [0.05, 0.1) is 11.1 Å². The number of benzene rings is 4. The van der Waals surface area contributed by atoms with Gasteiger partial charge in [-0.25, -0.2) is 23.5 Å². The Labute approximate surface area is 240 Å². The van der Waals surface area contributed by atoms with Gasteiger partial charge in [0.1, 0.15) is 17.9 Å². The molecule has 2 aromatic heterocycles. The zero-order chi connectivity index (χ0) is 28.9. The average Bonchev–Trinajstić information content (AvgIpc) is 3.42. The second kappa shape index (κ2) is 11.9. The predicted molar refractivity (Wildman–Crippen MR) is 160 cm³/mol. The summed E-state index contributed by atoms with van der Waals surface area (Å²) in [6, 6.07) is 30.1. The van der Waals surface area contributed by atoms with Gasteiger partial charge in [-0.3, -0.25) is 0 Å². The van der Waals surface area contributed by atoms with Crippen molar-refractivity contribution in [3.8, 4) is 22.5 Å². The SMILES string of the molecule is O=C(Nc1ccc(CCNc2ncnc3oc(-c4ccccc4)c(-c4ccccc4)c23)cc1)Nc1cccc(F)c1F. The number of halogens is 2. The second-order valence-electron chi connectivity index (χ2n) is 9.49. The van der Waals surface area contributed by atoms with E-state index < -0.39 is 17.7 Å². The van der Waals surface area contributed by atoms with Crippen LogP contribution in [0.1, 0.15) is 5.56 Å². The third-order valence-electron chi connectivity index (χ3n) is 6.70. The Morgan fingerprint density at radius 2 is 1.48 bits per heavy atom. The first kappa shape index (κ1) is 26.6. The molecule has 0 aliphatic rings. The van der Waals surface area contributed by atoms with Crippen LogP contribution in [0.25, 0.3) is 33.6 Å². The van der Waals surface area contributed by atoms with Crippen LogP contribution in [0, 0.1) is 11.6 Å². The lowest BCUT2D eigenvalue weighted by Crippen LogP contribution is -2.20. The Bertz CT molecular complexity index is 1840. The molecule has 0 fully saturated rings. The van der Waals surface area contributed by atoms with Crippen molar-refractivity contribution in [3.63, 3.8) is 0 Å². The molecule has 9 heteroatoms. The van der Waals surface area contributed by atoms with Gasteiger partial charge >= 0.3 is 6.03 Å². The molecule has 0 unspecified atom stereocenters. The molecule has 4 aromatic carbocycles. The van der Waals surface area contributed by atoms with E-state index in [1.54, 1.807) is 12.1 Å². The third-order valence-corrected chi connectivity index (χ3v) is 6.70. The number of fused-ring (bicyclic) bond motifs is 1. The molecule has 0 radical (unpaired) electrons. The molecule has 0 aliphatic carbocycles. The summed E-state index contributed by atoms with van der Waals surface area (Å²) in [5, 5.41) is 9.18. The molecular formula is C33H25F2N5O2. The molecule has 0 bridgehead atoms. The number of rotatable bonds is 8. The molecule has 0 aliphatic heterocycles. The molecule has 0 spiro atoms. The van der Waals surface area contributed by atoms with Crippen LogP contribution < -0.4 is 16.0 Å². The average molecular weight is 562 g/mol. The highest BCUT2D eigenvalue weighted by Gasteiger charge is 2.22. The minimum atomic E-state index is -1.11. The smallest absolute Gasteiger partial charge is 0.323 e. The van der Waals surface area contributed by atoms with E-state index in [2.05, 4.69) is 25.9 Å². The van der Waals surface area contributed by atoms with Crippen LogP contribution in [0.2, 0.25) is 0 Å². The molecule has 0 saturated carbocycles. The van der Waals surface area contributed by atoms with Gasteiger partial charge in [-0.15, -0.1) is 0 Å². The van der Waals surface area contributed by atoms with E-state index in [1.165, 1.54) is 18.5 Å². The van der Waals surface area contributed by atoms with Crippen molar-refractivity contribution in [3.05, 3.63) is 127 Å². The van der Waals surface area contributed by atoms with Crippen molar-refractivity contribution >= 4 is 34.3 Å². The highest BCUT2D eigenvalue weighted by atomic mass is 19.2. The Hall–Kier alpha value is -5.57. The van der Waals surface area contributed by atoms with Crippen molar-refractivity contribution in [2.75, 3.05) is 22.5 Å². The molecule has 6 rings (SSSR count). The first-order chi connectivity index (χ1) is 20.6. The minimum absolute atomic E-state index is 0.238. The van der Waals surface area contributed by atoms with E-state index in [0.717, 1.165) is 39.5 Å². The maximum Gasteiger partial charge on any atom is 0.323 e. The quantitative estimate of drug-likeness (QED) is 0.174. The fourth-order valence-electron chi connectivity index (χ4n) is 4.71. The summed E-state index contributed by atoms with van der Waals surface area (Å²) in [6.07, 6.45) is 2.16. The topological polar surface area (TPSA) is 92.1 Å². The van der Waals surface area contributed by atoms with Gasteiger partial charge in [0.15, 0.2) is 11.6 Å². The first-order valence-electron chi connectivity index (χ1n) is 13.3. The van der Waals surface area contributed by atoms with Gasteiger partial charge in [-0.2, -0.15) is 0 Å². The first-order valence-corrected chi connectivity index (χ1v) is 13.3. The minimum Gasteiger partial charge on any atom is -0.437 e. The number of anilines is 3. The zero-order valence-electron chi connectivity index (χ0n) is 22.3. The molecule has 7 nitrogen and oxygen atoms in total. The molecule has 42 heavy (non-hydrogen) atoms. The number of aromatic nitrogens is 2. The molecule has 208 valence electrons. The van der Waals surface area contributed by atoms with E-state index in [9.17, 15) is 13.6 Å². The van der Waals surface area contributed by atoms with Crippen molar-refractivity contribution in [2.24, 2.45) is 0 Å². The van der Waals surface area contributed by atoms with Gasteiger partial charge in [0, 0.05) is 23.4 Å². The maximum atomic E-state index is 13.8. The van der Waals surface area contributed by atoms with Gasteiger partial charge in [0.2, 0.25) is 5.71 Å². The van der Waals surface area contributed by atoms with Gasteiger partial charge < -0.3 is 20.4 Å². The Kier molecular flexibility index (Phi) is 7.54. The van der Waals surface area contributed by atoms with Gasteiger partial charge in [-0.05, 0) is 41.8 Å². The van der Waals surface area contributed by atoms with Crippen molar-refractivity contribution < 1.29 is 18.0 Å². The fraction of sp³-hybridized carbons (Fsp3) is 0.0606. The monoisotopic (exact) mass is 561 g/mol. The highest BCUT2D eigenvalue weighted by Crippen LogP contribution is 2.42. The number of urea groups is 1. The summed E-state index contributed by atoms with van der Waals surface area (Å²) in [7, 11) is 0. The molecule has 2 amide bonds. The molecule has 0 saturated heterocycles. The van der Waals surface area contributed by atoms with Crippen LogP contribution in [-0.4, -0.2) is 22.5 Å². The summed E-state index contributed by atoms with van der Waals surface area (Å²) in [5.41, 5.74) is 4.67. The number of carbonyl (C=O) groups is 1. The van der Waals surface area contributed by atoms with Crippen molar-refractivity contribution in [1.29, 1.82) is 0 Å². The van der Waals surface area contributed by atoms with Crippen LogP contribution in [0.5, 0.6) is 0 Å². The van der Waals surface area contributed by atoms with Crippen LogP contribution >= 0.6 is 0 Å². The number of furan rings is 1. The second-order valence-corrected chi connectivity index (χ2v) is 9.49. The van der Waals surface area contributed by atoms with Crippen LogP contribution in [0.3, 0.4) is 0 Å². The lowest BCUT2D eigenvalue weighted by atomic mass is 9.99. The Balaban J connectivity index is 1.16. The van der Waals surface area contributed by atoms with E-state index >= 15 is 0 Å². The molecule has 6 aromatic rings. The highest BCUT2D eigenvalue weighted by molar-refractivity contribution is 6.05. The van der Waals surface area contributed by atoms with Gasteiger partial charge in [-0.1, -0.05) is 78.9 Å². The van der Waals surface area contributed by atoms with Gasteiger partial charge in [0.25, 0.3) is 0 Å². The maximum absolute atomic E-state index is 13.8.